The average molecular weight is 707 g/mol. The van der Waals surface area contributed by atoms with Gasteiger partial charge in [0, 0.05) is 51.4 Å². The second kappa shape index (κ2) is 12.5. The summed E-state index contributed by atoms with van der Waals surface area (Å²) in [5, 5.41) is 2.31. The third kappa shape index (κ3) is 5.05. The number of hydrogen-bond acceptors (Lipinski definition) is 4. The van der Waals surface area contributed by atoms with Gasteiger partial charge in [0.2, 0.25) is 0 Å². The lowest BCUT2D eigenvalue weighted by molar-refractivity contribution is 0.278. The lowest BCUT2D eigenvalue weighted by Crippen LogP contribution is -2.30. The standard InChI is InChI=1S/C51H38N4/c1-51-28-12-11-20-41-39-18-8-9-19-40(39)46(47(41)51)43-27-26-35(29-45(43)51)49-53-48(54-50(55-49)42-21-10-7-16-37(42)32-13-3-2-4-14-32)34-24-22-33(23-25-34)44-31-52-30-36-15-5-6-17-38(36)44/h2-19,21-27,29-31,41,46-47H,20,28H2,1H3. The molecule has 262 valence electrons. The Morgan fingerprint density at radius 1 is 0.509 bits per heavy atom. The van der Waals surface area contributed by atoms with Crippen molar-refractivity contribution in [3.63, 3.8) is 0 Å². The van der Waals surface area contributed by atoms with Crippen molar-refractivity contribution in [2.24, 2.45) is 5.92 Å². The molecule has 0 radical (unpaired) electrons. The highest BCUT2D eigenvalue weighted by atomic mass is 15.0. The summed E-state index contributed by atoms with van der Waals surface area (Å²) in [7, 11) is 0. The Labute approximate surface area is 321 Å². The van der Waals surface area contributed by atoms with Crippen LogP contribution in [0.15, 0.2) is 170 Å². The molecule has 0 spiro atoms. The van der Waals surface area contributed by atoms with Crippen molar-refractivity contribution in [2.45, 2.75) is 37.0 Å². The molecule has 0 saturated carbocycles. The van der Waals surface area contributed by atoms with E-state index in [0.29, 0.717) is 35.2 Å². The van der Waals surface area contributed by atoms with Gasteiger partial charge in [-0.05, 0) is 75.1 Å². The molecule has 2 heterocycles. The minimum atomic E-state index is 0.0115. The molecule has 0 bridgehead atoms. The third-order valence-electron chi connectivity index (χ3n) is 12.6. The van der Waals surface area contributed by atoms with E-state index in [2.05, 4.69) is 170 Å². The van der Waals surface area contributed by atoms with Crippen LogP contribution in [0.25, 0.3) is 67.2 Å². The molecule has 0 fully saturated rings. The van der Waals surface area contributed by atoms with Crippen LogP contribution in [-0.2, 0) is 5.41 Å². The maximum atomic E-state index is 5.30. The molecular weight excluding hydrogens is 669 g/mol. The zero-order chi connectivity index (χ0) is 36.5. The maximum absolute atomic E-state index is 5.30. The van der Waals surface area contributed by atoms with Crippen LogP contribution in [0.3, 0.4) is 0 Å². The Hall–Kier alpha value is -6.52. The summed E-state index contributed by atoms with van der Waals surface area (Å²) in [5.41, 5.74) is 13.3. The van der Waals surface area contributed by atoms with Crippen molar-refractivity contribution in [3.8, 4) is 56.4 Å². The molecule has 0 saturated heterocycles. The zero-order valence-electron chi connectivity index (χ0n) is 30.6. The minimum Gasteiger partial charge on any atom is -0.263 e. The summed E-state index contributed by atoms with van der Waals surface area (Å²) < 4.78 is 0. The summed E-state index contributed by atoms with van der Waals surface area (Å²) in [5.74, 6) is 3.47. The van der Waals surface area contributed by atoms with Crippen LogP contribution in [0.5, 0.6) is 0 Å². The topological polar surface area (TPSA) is 51.6 Å². The van der Waals surface area contributed by atoms with Gasteiger partial charge in [-0.25, -0.2) is 15.0 Å². The van der Waals surface area contributed by atoms with Crippen molar-refractivity contribution in [2.75, 3.05) is 0 Å². The summed E-state index contributed by atoms with van der Waals surface area (Å²) in [6.07, 6.45) is 10.9. The van der Waals surface area contributed by atoms with Crippen LogP contribution in [0.2, 0.25) is 0 Å². The Morgan fingerprint density at radius 3 is 2.02 bits per heavy atom. The number of benzene rings is 6. The highest BCUT2D eigenvalue weighted by molar-refractivity contribution is 5.96. The van der Waals surface area contributed by atoms with Crippen molar-refractivity contribution in [1.29, 1.82) is 0 Å². The van der Waals surface area contributed by atoms with E-state index in [4.69, 9.17) is 15.0 Å². The summed E-state index contributed by atoms with van der Waals surface area (Å²) >= 11 is 0. The van der Waals surface area contributed by atoms with E-state index in [0.717, 1.165) is 57.2 Å². The fourth-order valence-electron chi connectivity index (χ4n) is 10.1. The van der Waals surface area contributed by atoms with Crippen LogP contribution in [0.1, 0.15) is 53.9 Å². The first-order chi connectivity index (χ1) is 27.1. The van der Waals surface area contributed by atoms with Gasteiger partial charge >= 0.3 is 0 Å². The SMILES string of the molecule is CC12CC=CCC3c4ccccc4C(c4ccc(-c5nc(-c6ccc(-c7cncc8ccccc78)cc6)nc(-c6ccccc6-c6ccccc6)n5)cc41)C32. The van der Waals surface area contributed by atoms with Crippen LogP contribution in [0, 0.1) is 5.92 Å². The number of pyridine rings is 1. The molecular formula is C51H38N4. The first-order valence-electron chi connectivity index (χ1n) is 19.4. The van der Waals surface area contributed by atoms with Gasteiger partial charge in [-0.15, -0.1) is 0 Å². The normalized spacial score (nSPS) is 20.5. The second-order valence-electron chi connectivity index (χ2n) is 15.6. The highest BCUT2D eigenvalue weighted by Crippen LogP contribution is 2.66. The number of allylic oxidation sites excluding steroid dienone is 2. The number of fused-ring (bicyclic) bond motifs is 7. The maximum Gasteiger partial charge on any atom is 0.164 e. The molecule has 2 aromatic heterocycles. The molecule has 0 aliphatic heterocycles. The monoisotopic (exact) mass is 706 g/mol. The zero-order valence-corrected chi connectivity index (χ0v) is 30.6. The number of hydrogen-bond donors (Lipinski definition) is 0. The second-order valence-corrected chi connectivity index (χ2v) is 15.6. The van der Waals surface area contributed by atoms with Gasteiger partial charge in [0.15, 0.2) is 17.5 Å². The largest absolute Gasteiger partial charge is 0.263 e. The van der Waals surface area contributed by atoms with Gasteiger partial charge in [0.25, 0.3) is 0 Å². The van der Waals surface area contributed by atoms with Gasteiger partial charge in [-0.1, -0.05) is 159 Å². The predicted octanol–water partition coefficient (Wildman–Crippen LogP) is 12.2. The Kier molecular flexibility index (Phi) is 7.28. The van der Waals surface area contributed by atoms with Crippen LogP contribution >= 0.6 is 0 Å². The van der Waals surface area contributed by atoms with E-state index >= 15 is 0 Å². The van der Waals surface area contributed by atoms with E-state index in [9.17, 15) is 0 Å². The first kappa shape index (κ1) is 32.0. The van der Waals surface area contributed by atoms with Crippen molar-refractivity contribution in [3.05, 3.63) is 192 Å². The van der Waals surface area contributed by atoms with Gasteiger partial charge in [0.1, 0.15) is 0 Å². The lowest BCUT2D eigenvalue weighted by Gasteiger charge is -2.34. The van der Waals surface area contributed by atoms with Crippen LogP contribution in [-0.4, -0.2) is 19.9 Å². The quantitative estimate of drug-likeness (QED) is 0.167. The molecule has 8 aromatic rings. The van der Waals surface area contributed by atoms with Crippen molar-refractivity contribution >= 4 is 10.8 Å². The van der Waals surface area contributed by atoms with Gasteiger partial charge in [-0.2, -0.15) is 0 Å². The van der Waals surface area contributed by atoms with Gasteiger partial charge < -0.3 is 0 Å². The molecule has 4 atom stereocenters. The Balaban J connectivity index is 1.07. The Morgan fingerprint density at radius 2 is 1.16 bits per heavy atom. The molecule has 4 nitrogen and oxygen atoms in total. The fourth-order valence-corrected chi connectivity index (χ4v) is 10.1. The average Bonchev–Trinajstić information content (AvgIpc) is 3.64. The first-order valence-corrected chi connectivity index (χ1v) is 19.4. The highest BCUT2D eigenvalue weighted by Gasteiger charge is 2.56. The van der Waals surface area contributed by atoms with Gasteiger partial charge in [-0.3, -0.25) is 4.98 Å². The van der Waals surface area contributed by atoms with E-state index in [1.54, 1.807) is 0 Å². The number of rotatable bonds is 5. The number of aromatic nitrogens is 4. The molecule has 6 aromatic carbocycles. The fraction of sp³-hybridized carbons (Fsp3) is 0.137. The summed E-state index contributed by atoms with van der Waals surface area (Å²) in [6.45, 7) is 2.50. The molecule has 4 unspecified atom stereocenters. The van der Waals surface area contributed by atoms with Crippen molar-refractivity contribution in [1.82, 2.24) is 19.9 Å². The van der Waals surface area contributed by atoms with Crippen LogP contribution < -0.4 is 0 Å². The van der Waals surface area contributed by atoms with E-state index < -0.39 is 0 Å². The van der Waals surface area contributed by atoms with E-state index in [1.807, 2.05) is 12.4 Å². The molecule has 11 rings (SSSR count). The molecule has 3 aliphatic carbocycles. The van der Waals surface area contributed by atoms with E-state index in [1.165, 1.54) is 27.6 Å². The third-order valence-corrected chi connectivity index (χ3v) is 12.6. The molecule has 3 aliphatic rings. The molecule has 55 heavy (non-hydrogen) atoms. The number of nitrogens with zero attached hydrogens (tertiary/aromatic N) is 4. The molecule has 4 heteroatoms. The van der Waals surface area contributed by atoms with E-state index in [-0.39, 0.29) is 5.41 Å². The van der Waals surface area contributed by atoms with Crippen LogP contribution in [0.4, 0.5) is 0 Å². The Bertz CT molecular complexity index is 2800. The molecule has 0 amide bonds. The predicted molar refractivity (Wildman–Crippen MR) is 223 cm³/mol. The minimum absolute atomic E-state index is 0.0115. The smallest absolute Gasteiger partial charge is 0.164 e. The van der Waals surface area contributed by atoms with Crippen molar-refractivity contribution < 1.29 is 0 Å². The molecule has 0 N–H and O–H groups in total. The summed E-state index contributed by atoms with van der Waals surface area (Å²) in [4.78, 5) is 20.3. The van der Waals surface area contributed by atoms with Gasteiger partial charge in [0.05, 0.1) is 0 Å². The summed E-state index contributed by atoms with van der Waals surface area (Å²) in [6, 6.07) is 52.1. The lowest BCUT2D eigenvalue weighted by atomic mass is 9.69.